The molecular formula is C20H24N2O6S2. The second-order valence-electron chi connectivity index (χ2n) is 6.98. The number of hydrogen-bond acceptors (Lipinski definition) is 7. The van der Waals surface area contributed by atoms with E-state index in [0.29, 0.717) is 22.0 Å². The summed E-state index contributed by atoms with van der Waals surface area (Å²) in [6, 6.07) is 5.34. The van der Waals surface area contributed by atoms with Crippen molar-refractivity contribution in [3.8, 4) is 5.75 Å². The second-order valence-corrected chi connectivity index (χ2v) is 9.94. The number of sulfonamides is 1. The minimum Gasteiger partial charge on any atom is -0.497 e. The van der Waals surface area contributed by atoms with Crippen LogP contribution in [0.25, 0.3) is 0 Å². The number of nitrogens with one attached hydrogen (secondary N) is 1. The number of ether oxygens (including phenoxy) is 2. The summed E-state index contributed by atoms with van der Waals surface area (Å²) in [6.07, 6.45) is 3.59. The predicted octanol–water partition coefficient (Wildman–Crippen LogP) is 2.83. The number of rotatable bonds is 7. The molecule has 1 amide bonds. The molecule has 1 N–H and O–H groups in total. The fraction of sp³-hybridized carbons (Fsp3) is 0.400. The maximum absolute atomic E-state index is 13.0. The van der Waals surface area contributed by atoms with Gasteiger partial charge in [-0.05, 0) is 56.0 Å². The minimum absolute atomic E-state index is 0.336. The highest BCUT2D eigenvalue weighted by Gasteiger charge is 2.32. The summed E-state index contributed by atoms with van der Waals surface area (Å²) >= 11 is 1.34. The normalized spacial score (nSPS) is 14.0. The molecule has 0 aliphatic heterocycles. The van der Waals surface area contributed by atoms with E-state index in [1.54, 1.807) is 24.3 Å². The Bertz CT molecular complexity index is 1060. The smallest absolute Gasteiger partial charge is 0.341 e. The lowest BCUT2D eigenvalue weighted by atomic mass is 10.1. The van der Waals surface area contributed by atoms with Crippen molar-refractivity contribution in [2.75, 3.05) is 30.1 Å². The van der Waals surface area contributed by atoms with Gasteiger partial charge in [0.15, 0.2) is 0 Å². The van der Waals surface area contributed by atoms with Gasteiger partial charge in [0.2, 0.25) is 15.9 Å². The predicted molar refractivity (Wildman–Crippen MR) is 116 cm³/mol. The van der Waals surface area contributed by atoms with Crippen LogP contribution >= 0.6 is 11.3 Å². The zero-order valence-electron chi connectivity index (χ0n) is 17.2. The average Bonchev–Trinajstić information content (AvgIpc) is 3.27. The van der Waals surface area contributed by atoms with Crippen molar-refractivity contribution in [2.24, 2.45) is 0 Å². The molecule has 0 bridgehead atoms. The Labute approximate surface area is 179 Å². The lowest BCUT2D eigenvalue weighted by Gasteiger charge is -2.28. The van der Waals surface area contributed by atoms with Crippen molar-refractivity contribution in [2.45, 2.75) is 32.2 Å². The van der Waals surface area contributed by atoms with Gasteiger partial charge in [0.1, 0.15) is 16.8 Å². The molecule has 0 saturated heterocycles. The maximum atomic E-state index is 13.0. The highest BCUT2D eigenvalue weighted by atomic mass is 32.2. The summed E-state index contributed by atoms with van der Waals surface area (Å²) in [5.74, 6) is -0.478. The number of methoxy groups -OCH3 is 2. The van der Waals surface area contributed by atoms with Gasteiger partial charge < -0.3 is 14.8 Å². The van der Waals surface area contributed by atoms with Crippen LogP contribution in [-0.4, -0.2) is 46.8 Å². The number of esters is 1. The Kier molecular flexibility index (Phi) is 6.37. The topological polar surface area (TPSA) is 102 Å². The molecule has 10 heteroatoms. The zero-order valence-corrected chi connectivity index (χ0v) is 18.9. The van der Waals surface area contributed by atoms with Crippen molar-refractivity contribution in [1.29, 1.82) is 0 Å². The van der Waals surface area contributed by atoms with Crippen molar-refractivity contribution in [3.05, 3.63) is 40.3 Å². The molecule has 0 fully saturated rings. The molecule has 0 unspecified atom stereocenters. The lowest BCUT2D eigenvalue weighted by molar-refractivity contribution is -0.116. The third kappa shape index (κ3) is 4.29. The molecule has 0 spiro atoms. The summed E-state index contributed by atoms with van der Waals surface area (Å²) in [4.78, 5) is 26.3. The molecule has 2 aromatic rings. The first-order valence-electron chi connectivity index (χ1n) is 9.34. The molecule has 30 heavy (non-hydrogen) atoms. The molecule has 3 rings (SSSR count). The number of nitrogens with zero attached hydrogens (tertiary/aromatic N) is 1. The minimum atomic E-state index is -3.76. The quantitative estimate of drug-likeness (QED) is 0.648. The van der Waals surface area contributed by atoms with Crippen molar-refractivity contribution >= 4 is 43.9 Å². The van der Waals surface area contributed by atoms with E-state index in [1.807, 2.05) is 0 Å². The number of thiophene rings is 1. The molecule has 162 valence electrons. The number of aryl methyl sites for hydroxylation is 1. The largest absolute Gasteiger partial charge is 0.497 e. The SMILES string of the molecule is COC(=O)c1c(NC(=O)[C@@H](C)N(c2ccc(OC)cc2)S(C)(=O)=O)sc2c1CCC2. The van der Waals surface area contributed by atoms with Crippen LogP contribution < -0.4 is 14.4 Å². The molecule has 0 saturated carbocycles. The van der Waals surface area contributed by atoms with Crippen LogP contribution in [0.4, 0.5) is 10.7 Å². The summed E-state index contributed by atoms with van der Waals surface area (Å²) in [7, 11) is -0.951. The van der Waals surface area contributed by atoms with Crippen molar-refractivity contribution in [1.82, 2.24) is 0 Å². The number of amides is 1. The molecule has 0 radical (unpaired) electrons. The Balaban J connectivity index is 1.91. The Morgan fingerprint density at radius 2 is 1.83 bits per heavy atom. The van der Waals surface area contributed by atoms with Gasteiger partial charge >= 0.3 is 5.97 Å². The molecular weight excluding hydrogens is 428 g/mol. The molecule has 1 aromatic carbocycles. The van der Waals surface area contributed by atoms with Gasteiger partial charge in [-0.1, -0.05) is 0 Å². The first-order valence-corrected chi connectivity index (χ1v) is 12.0. The number of anilines is 2. The Hall–Kier alpha value is -2.59. The number of fused-ring (bicyclic) bond motifs is 1. The van der Waals surface area contributed by atoms with Gasteiger partial charge in [0.05, 0.1) is 31.7 Å². The van der Waals surface area contributed by atoms with E-state index < -0.39 is 27.9 Å². The molecule has 1 aromatic heterocycles. The molecule has 1 heterocycles. The Morgan fingerprint density at radius 3 is 2.40 bits per heavy atom. The van der Waals surface area contributed by atoms with Crippen LogP contribution in [0.5, 0.6) is 5.75 Å². The van der Waals surface area contributed by atoms with Crippen molar-refractivity contribution in [3.63, 3.8) is 0 Å². The Morgan fingerprint density at radius 1 is 1.17 bits per heavy atom. The van der Waals surface area contributed by atoms with Gasteiger partial charge in [0, 0.05) is 4.88 Å². The fourth-order valence-electron chi connectivity index (χ4n) is 3.56. The summed E-state index contributed by atoms with van der Waals surface area (Å²) < 4.78 is 36.0. The number of carbonyl (C=O) groups is 2. The summed E-state index contributed by atoms with van der Waals surface area (Å²) in [5.41, 5.74) is 1.61. The summed E-state index contributed by atoms with van der Waals surface area (Å²) in [5, 5.41) is 3.14. The highest BCUT2D eigenvalue weighted by molar-refractivity contribution is 7.92. The van der Waals surface area contributed by atoms with E-state index in [9.17, 15) is 18.0 Å². The van der Waals surface area contributed by atoms with Gasteiger partial charge in [-0.3, -0.25) is 9.10 Å². The maximum Gasteiger partial charge on any atom is 0.341 e. The monoisotopic (exact) mass is 452 g/mol. The third-order valence-electron chi connectivity index (χ3n) is 4.96. The third-order valence-corrected chi connectivity index (χ3v) is 7.41. The average molecular weight is 453 g/mol. The summed E-state index contributed by atoms with van der Waals surface area (Å²) in [6.45, 7) is 1.50. The van der Waals surface area contributed by atoms with E-state index >= 15 is 0 Å². The molecule has 1 aliphatic rings. The van der Waals surface area contributed by atoms with E-state index in [4.69, 9.17) is 9.47 Å². The zero-order chi connectivity index (χ0) is 22.1. The van der Waals surface area contributed by atoms with Gasteiger partial charge in [0.25, 0.3) is 0 Å². The van der Waals surface area contributed by atoms with Crippen molar-refractivity contribution < 1.29 is 27.5 Å². The van der Waals surface area contributed by atoms with E-state index in [2.05, 4.69) is 5.32 Å². The van der Waals surface area contributed by atoms with Gasteiger partial charge in [-0.2, -0.15) is 0 Å². The van der Waals surface area contributed by atoms with Gasteiger partial charge in [-0.25, -0.2) is 13.2 Å². The van der Waals surface area contributed by atoms with Gasteiger partial charge in [-0.15, -0.1) is 11.3 Å². The fourth-order valence-corrected chi connectivity index (χ4v) is 6.02. The van der Waals surface area contributed by atoms with Crippen LogP contribution in [0.15, 0.2) is 24.3 Å². The van der Waals surface area contributed by atoms with E-state index in [0.717, 1.165) is 40.3 Å². The number of carbonyl (C=O) groups excluding carboxylic acids is 2. The standard InChI is InChI=1S/C20H24N2O6S2/c1-12(22(30(4,25)26)13-8-10-14(27-2)11-9-13)18(23)21-19-17(20(24)28-3)15-6-5-7-16(15)29-19/h8-12H,5-7H2,1-4H3,(H,21,23)/t12-/m1/s1. The van der Waals surface area contributed by atoms with Crippen LogP contribution in [0.1, 0.15) is 34.1 Å². The number of hydrogen-bond donors (Lipinski definition) is 1. The van der Waals surface area contributed by atoms with Crippen LogP contribution in [-0.2, 0) is 32.4 Å². The molecule has 1 atom stereocenters. The van der Waals surface area contributed by atoms with E-state index in [-0.39, 0.29) is 0 Å². The second kappa shape index (κ2) is 8.65. The van der Waals surface area contributed by atoms with Crippen LogP contribution in [0.3, 0.4) is 0 Å². The highest BCUT2D eigenvalue weighted by Crippen LogP contribution is 2.39. The van der Waals surface area contributed by atoms with Crippen LogP contribution in [0, 0.1) is 0 Å². The van der Waals surface area contributed by atoms with Crippen LogP contribution in [0.2, 0.25) is 0 Å². The first-order chi connectivity index (χ1) is 14.2. The lowest BCUT2D eigenvalue weighted by Crippen LogP contribution is -2.45. The first kappa shape index (κ1) is 22.1. The molecule has 8 nitrogen and oxygen atoms in total. The number of benzene rings is 1. The van der Waals surface area contributed by atoms with E-state index in [1.165, 1.54) is 32.5 Å². The molecule has 1 aliphatic carbocycles.